The summed E-state index contributed by atoms with van der Waals surface area (Å²) in [5, 5.41) is 20.1. The number of aromatic nitrogens is 2. The van der Waals surface area contributed by atoms with Crippen LogP contribution in [0.5, 0.6) is 5.75 Å². The predicted octanol–water partition coefficient (Wildman–Crippen LogP) is 2.17. The van der Waals surface area contributed by atoms with Crippen LogP contribution in [0.25, 0.3) is 0 Å². The second-order valence-electron chi connectivity index (χ2n) is 5.58. The molecular weight excluding hydrogens is 302 g/mol. The highest BCUT2D eigenvalue weighted by Gasteiger charge is 1.98. The van der Waals surface area contributed by atoms with Crippen LogP contribution in [0.4, 0.5) is 0 Å². The zero-order valence-electron chi connectivity index (χ0n) is 14.3. The molecule has 0 bridgehead atoms. The number of benzene rings is 1. The van der Waals surface area contributed by atoms with Crippen molar-refractivity contribution in [1.29, 1.82) is 0 Å². The first-order chi connectivity index (χ1) is 11.8. The number of rotatable bonds is 9. The first kappa shape index (κ1) is 17.8. The first-order valence-corrected chi connectivity index (χ1v) is 8.55. The van der Waals surface area contributed by atoms with Gasteiger partial charge in [-0.25, -0.2) is 0 Å². The Balaban J connectivity index is 1.65. The van der Waals surface area contributed by atoms with E-state index in [9.17, 15) is 5.11 Å². The summed E-state index contributed by atoms with van der Waals surface area (Å²) in [5.41, 5.74) is 1.23. The minimum absolute atomic E-state index is 0.313. The number of aryl methyl sites for hydroxylation is 2. The SMILES string of the molecule is CCNC(=NCCCn1cccn1)NCCCc1ccc(O)cc1. The summed E-state index contributed by atoms with van der Waals surface area (Å²) >= 11 is 0. The van der Waals surface area contributed by atoms with Crippen LogP contribution in [-0.2, 0) is 13.0 Å². The van der Waals surface area contributed by atoms with Gasteiger partial charge in [-0.3, -0.25) is 9.67 Å². The van der Waals surface area contributed by atoms with E-state index in [1.807, 2.05) is 29.1 Å². The van der Waals surface area contributed by atoms with E-state index in [4.69, 9.17) is 0 Å². The van der Waals surface area contributed by atoms with E-state index in [1.54, 1.807) is 18.3 Å². The number of guanidine groups is 1. The summed E-state index contributed by atoms with van der Waals surface area (Å²) in [6.07, 6.45) is 6.72. The van der Waals surface area contributed by atoms with Gasteiger partial charge in [-0.1, -0.05) is 12.1 Å². The van der Waals surface area contributed by atoms with Crippen molar-refractivity contribution < 1.29 is 5.11 Å². The Kier molecular flexibility index (Phi) is 7.67. The summed E-state index contributed by atoms with van der Waals surface area (Å²) in [5.74, 6) is 1.18. The first-order valence-electron chi connectivity index (χ1n) is 8.55. The summed E-state index contributed by atoms with van der Waals surface area (Å²) in [4.78, 5) is 4.59. The van der Waals surface area contributed by atoms with Crippen molar-refractivity contribution >= 4 is 5.96 Å². The zero-order chi connectivity index (χ0) is 17.0. The van der Waals surface area contributed by atoms with E-state index in [0.29, 0.717) is 5.75 Å². The average molecular weight is 329 g/mol. The molecule has 24 heavy (non-hydrogen) atoms. The van der Waals surface area contributed by atoms with Crippen LogP contribution in [0.15, 0.2) is 47.7 Å². The smallest absolute Gasteiger partial charge is 0.191 e. The minimum Gasteiger partial charge on any atom is -0.508 e. The molecule has 0 atom stereocenters. The maximum Gasteiger partial charge on any atom is 0.191 e. The van der Waals surface area contributed by atoms with Gasteiger partial charge in [0.25, 0.3) is 0 Å². The molecule has 6 heteroatoms. The number of hydrogen-bond donors (Lipinski definition) is 3. The topological polar surface area (TPSA) is 74.5 Å². The van der Waals surface area contributed by atoms with Gasteiger partial charge in [0.15, 0.2) is 5.96 Å². The fraction of sp³-hybridized carbons (Fsp3) is 0.444. The molecule has 1 aromatic heterocycles. The third-order valence-corrected chi connectivity index (χ3v) is 3.59. The van der Waals surface area contributed by atoms with E-state index < -0.39 is 0 Å². The fourth-order valence-corrected chi connectivity index (χ4v) is 2.36. The molecule has 6 nitrogen and oxygen atoms in total. The van der Waals surface area contributed by atoms with E-state index >= 15 is 0 Å². The lowest BCUT2D eigenvalue weighted by Gasteiger charge is -2.11. The van der Waals surface area contributed by atoms with Gasteiger partial charge in [-0.2, -0.15) is 5.10 Å². The quantitative estimate of drug-likeness (QED) is 0.374. The van der Waals surface area contributed by atoms with E-state index in [0.717, 1.165) is 51.4 Å². The van der Waals surface area contributed by atoms with E-state index in [-0.39, 0.29) is 0 Å². The van der Waals surface area contributed by atoms with Crippen LogP contribution in [0.3, 0.4) is 0 Å². The van der Waals surface area contributed by atoms with Crippen LogP contribution < -0.4 is 10.6 Å². The second-order valence-corrected chi connectivity index (χ2v) is 5.58. The molecule has 130 valence electrons. The highest BCUT2D eigenvalue weighted by Crippen LogP contribution is 2.10. The Hall–Kier alpha value is -2.50. The molecule has 0 aliphatic rings. The maximum atomic E-state index is 9.28. The van der Waals surface area contributed by atoms with Crippen LogP contribution in [0, 0.1) is 0 Å². The predicted molar refractivity (Wildman–Crippen MR) is 97.3 cm³/mol. The zero-order valence-corrected chi connectivity index (χ0v) is 14.3. The van der Waals surface area contributed by atoms with Crippen molar-refractivity contribution in [3.63, 3.8) is 0 Å². The number of phenolic OH excluding ortho intramolecular Hbond substituents is 1. The number of aromatic hydroxyl groups is 1. The van der Waals surface area contributed by atoms with Crippen molar-refractivity contribution in [2.45, 2.75) is 32.7 Å². The van der Waals surface area contributed by atoms with Crippen molar-refractivity contribution in [2.75, 3.05) is 19.6 Å². The van der Waals surface area contributed by atoms with Gasteiger partial charge in [0, 0.05) is 38.6 Å². The summed E-state index contributed by atoms with van der Waals surface area (Å²) in [6, 6.07) is 9.32. The van der Waals surface area contributed by atoms with Gasteiger partial charge >= 0.3 is 0 Å². The molecule has 0 spiro atoms. The monoisotopic (exact) mass is 329 g/mol. The molecule has 0 radical (unpaired) electrons. The normalized spacial score (nSPS) is 11.5. The molecule has 0 aliphatic carbocycles. The summed E-state index contributed by atoms with van der Waals surface area (Å²) in [7, 11) is 0. The number of phenols is 1. The molecule has 0 fully saturated rings. The molecule has 0 saturated heterocycles. The Morgan fingerprint density at radius 2 is 2.04 bits per heavy atom. The lowest BCUT2D eigenvalue weighted by atomic mass is 10.1. The van der Waals surface area contributed by atoms with Gasteiger partial charge in [-0.15, -0.1) is 0 Å². The minimum atomic E-state index is 0.313. The Morgan fingerprint density at radius 3 is 2.75 bits per heavy atom. The number of nitrogens with zero attached hydrogens (tertiary/aromatic N) is 3. The summed E-state index contributed by atoms with van der Waals surface area (Å²) < 4.78 is 1.92. The highest BCUT2D eigenvalue weighted by atomic mass is 16.3. The van der Waals surface area contributed by atoms with Gasteiger partial charge in [0.1, 0.15) is 5.75 Å². The van der Waals surface area contributed by atoms with Crippen molar-refractivity contribution in [3.8, 4) is 5.75 Å². The molecule has 0 aliphatic heterocycles. The van der Waals surface area contributed by atoms with Crippen LogP contribution in [0.1, 0.15) is 25.3 Å². The van der Waals surface area contributed by atoms with Crippen molar-refractivity contribution in [1.82, 2.24) is 20.4 Å². The van der Waals surface area contributed by atoms with Gasteiger partial charge < -0.3 is 15.7 Å². The van der Waals surface area contributed by atoms with Crippen molar-refractivity contribution in [3.05, 3.63) is 48.3 Å². The van der Waals surface area contributed by atoms with Crippen LogP contribution in [-0.4, -0.2) is 40.5 Å². The van der Waals surface area contributed by atoms with Gasteiger partial charge in [0.2, 0.25) is 0 Å². The van der Waals surface area contributed by atoms with Gasteiger partial charge in [-0.05, 0) is 49.9 Å². The molecule has 1 heterocycles. The molecule has 0 saturated carbocycles. The lowest BCUT2D eigenvalue weighted by molar-refractivity contribution is 0.475. The van der Waals surface area contributed by atoms with Gasteiger partial charge in [0.05, 0.1) is 0 Å². The second kappa shape index (κ2) is 10.3. The number of nitrogens with one attached hydrogen (secondary N) is 2. The van der Waals surface area contributed by atoms with Crippen LogP contribution >= 0.6 is 0 Å². The molecule has 3 N–H and O–H groups in total. The van der Waals surface area contributed by atoms with E-state index in [1.165, 1.54) is 5.56 Å². The molecule has 0 unspecified atom stereocenters. The van der Waals surface area contributed by atoms with Crippen LogP contribution in [0.2, 0.25) is 0 Å². The average Bonchev–Trinajstić information content (AvgIpc) is 3.10. The number of aliphatic imine (C=N–C) groups is 1. The molecule has 2 rings (SSSR count). The fourth-order valence-electron chi connectivity index (χ4n) is 2.36. The largest absolute Gasteiger partial charge is 0.508 e. The van der Waals surface area contributed by atoms with E-state index in [2.05, 4.69) is 27.6 Å². The Labute approximate surface area is 143 Å². The highest BCUT2D eigenvalue weighted by molar-refractivity contribution is 5.79. The standard InChI is InChI=1S/C18H27N5O/c1-2-19-18(21-12-4-14-23-15-5-13-22-23)20-11-3-6-16-7-9-17(24)10-8-16/h5,7-10,13,15,24H,2-4,6,11-12,14H2,1H3,(H2,19,20,21). The number of hydrogen-bond acceptors (Lipinski definition) is 3. The molecule has 0 amide bonds. The molecule has 2 aromatic rings. The van der Waals surface area contributed by atoms with Crippen molar-refractivity contribution in [2.24, 2.45) is 4.99 Å². The molecular formula is C18H27N5O. The Morgan fingerprint density at radius 1 is 1.21 bits per heavy atom. The third kappa shape index (κ3) is 6.73. The Bertz CT molecular complexity index is 592. The lowest BCUT2D eigenvalue weighted by Crippen LogP contribution is -2.38. The summed E-state index contributed by atoms with van der Waals surface area (Å²) in [6.45, 7) is 5.44. The maximum absolute atomic E-state index is 9.28. The molecule has 1 aromatic carbocycles. The third-order valence-electron chi connectivity index (χ3n) is 3.59.